The Morgan fingerprint density at radius 3 is 2.83 bits per heavy atom. The minimum Gasteiger partial charge on any atom is -0.310 e. The summed E-state index contributed by atoms with van der Waals surface area (Å²) in [4.78, 5) is 0. The molecule has 0 spiro atoms. The van der Waals surface area contributed by atoms with Gasteiger partial charge in [0.2, 0.25) is 0 Å². The average molecular weight is 261 g/mol. The van der Waals surface area contributed by atoms with Gasteiger partial charge in [0, 0.05) is 6.04 Å². The van der Waals surface area contributed by atoms with Gasteiger partial charge in [0.15, 0.2) is 0 Å². The highest BCUT2D eigenvalue weighted by atomic mass is 32.1. The van der Waals surface area contributed by atoms with Crippen molar-refractivity contribution in [2.24, 2.45) is 0 Å². The van der Waals surface area contributed by atoms with Crippen LogP contribution in [-0.2, 0) is 6.42 Å². The number of nitrogens with one attached hydrogen (secondary N) is 1. The van der Waals surface area contributed by atoms with Crippen molar-refractivity contribution >= 4 is 11.3 Å². The fraction of sp³-hybridized carbons (Fsp3) is 0.429. The summed E-state index contributed by atoms with van der Waals surface area (Å²) in [6, 6.07) is 4.65. The molecule has 0 aliphatic heterocycles. The van der Waals surface area contributed by atoms with Crippen molar-refractivity contribution in [3.05, 3.63) is 45.4 Å². The van der Waals surface area contributed by atoms with E-state index < -0.39 is 0 Å². The second-order valence-electron chi connectivity index (χ2n) is 4.47. The van der Waals surface area contributed by atoms with E-state index in [4.69, 9.17) is 0 Å². The van der Waals surface area contributed by atoms with Crippen molar-refractivity contribution in [2.75, 3.05) is 6.54 Å². The highest BCUT2D eigenvalue weighted by Crippen LogP contribution is 2.22. The summed E-state index contributed by atoms with van der Waals surface area (Å²) in [6.45, 7) is 7.11. The lowest BCUT2D eigenvalue weighted by molar-refractivity contribution is 0.543. The number of hydrogen-bond acceptors (Lipinski definition) is 4. The molecule has 1 atom stereocenters. The van der Waals surface area contributed by atoms with Gasteiger partial charge in [0.25, 0.3) is 0 Å². The number of thiophene rings is 1. The normalized spacial score (nSPS) is 12.6. The summed E-state index contributed by atoms with van der Waals surface area (Å²) < 4.78 is 0. The summed E-state index contributed by atoms with van der Waals surface area (Å²) in [7, 11) is 0. The summed E-state index contributed by atoms with van der Waals surface area (Å²) in [5.41, 5.74) is 4.63. The minimum atomic E-state index is 0.318. The molecule has 2 rings (SSSR count). The summed E-state index contributed by atoms with van der Waals surface area (Å²) in [5.74, 6) is 0. The maximum atomic E-state index is 4.22. The van der Waals surface area contributed by atoms with Crippen LogP contribution in [-0.4, -0.2) is 16.7 Å². The van der Waals surface area contributed by atoms with Gasteiger partial charge >= 0.3 is 0 Å². The van der Waals surface area contributed by atoms with Crippen molar-refractivity contribution in [2.45, 2.75) is 33.2 Å². The molecule has 1 N–H and O–H groups in total. The Hall–Kier alpha value is -1.26. The van der Waals surface area contributed by atoms with Gasteiger partial charge in [-0.25, -0.2) is 0 Å². The van der Waals surface area contributed by atoms with E-state index >= 15 is 0 Å². The van der Waals surface area contributed by atoms with Gasteiger partial charge in [-0.2, -0.15) is 21.5 Å². The molecule has 0 saturated carbocycles. The lowest BCUT2D eigenvalue weighted by Crippen LogP contribution is -2.24. The average Bonchev–Trinajstić information content (AvgIpc) is 2.85. The first kappa shape index (κ1) is 13.2. The second kappa shape index (κ2) is 6.07. The van der Waals surface area contributed by atoms with Crippen LogP contribution in [0.25, 0.3) is 0 Å². The summed E-state index contributed by atoms with van der Waals surface area (Å²) in [5, 5.41) is 16.2. The fourth-order valence-electron chi connectivity index (χ4n) is 2.11. The molecular formula is C14H19N3S. The largest absolute Gasteiger partial charge is 0.310 e. The SMILES string of the molecule is CCNC(Cc1ccsc1)c1cc(C)nnc1C. The molecule has 0 saturated heterocycles. The third-order valence-corrected chi connectivity index (χ3v) is 3.72. The zero-order valence-corrected chi connectivity index (χ0v) is 11.9. The molecule has 0 radical (unpaired) electrons. The maximum absolute atomic E-state index is 4.22. The number of likely N-dealkylation sites (N-methyl/N-ethyl adjacent to an activating group) is 1. The predicted octanol–water partition coefficient (Wildman–Crippen LogP) is 3.05. The predicted molar refractivity (Wildman–Crippen MR) is 75.9 cm³/mol. The van der Waals surface area contributed by atoms with E-state index in [0.717, 1.165) is 24.4 Å². The zero-order valence-electron chi connectivity index (χ0n) is 11.1. The first-order valence-electron chi connectivity index (χ1n) is 6.26. The number of aromatic nitrogens is 2. The van der Waals surface area contributed by atoms with Gasteiger partial charge < -0.3 is 5.32 Å². The van der Waals surface area contributed by atoms with E-state index in [1.54, 1.807) is 11.3 Å². The van der Waals surface area contributed by atoms with Crippen molar-refractivity contribution in [3.63, 3.8) is 0 Å². The van der Waals surface area contributed by atoms with Crippen LogP contribution >= 0.6 is 11.3 Å². The third kappa shape index (κ3) is 3.15. The fourth-order valence-corrected chi connectivity index (χ4v) is 2.79. The van der Waals surface area contributed by atoms with Crippen LogP contribution in [0.4, 0.5) is 0 Å². The Balaban J connectivity index is 2.26. The van der Waals surface area contributed by atoms with Crippen molar-refractivity contribution in [1.82, 2.24) is 15.5 Å². The van der Waals surface area contributed by atoms with Crippen LogP contribution in [0.1, 0.15) is 35.5 Å². The van der Waals surface area contributed by atoms with Crippen LogP contribution in [0.15, 0.2) is 22.9 Å². The van der Waals surface area contributed by atoms with E-state index in [0.29, 0.717) is 6.04 Å². The van der Waals surface area contributed by atoms with Crippen LogP contribution < -0.4 is 5.32 Å². The highest BCUT2D eigenvalue weighted by Gasteiger charge is 2.15. The molecule has 0 amide bonds. The molecule has 2 aromatic heterocycles. The molecule has 3 nitrogen and oxygen atoms in total. The van der Waals surface area contributed by atoms with Crippen molar-refractivity contribution in [1.29, 1.82) is 0 Å². The Labute approximate surface area is 112 Å². The lowest BCUT2D eigenvalue weighted by Gasteiger charge is -2.19. The Morgan fingerprint density at radius 1 is 1.33 bits per heavy atom. The van der Waals surface area contributed by atoms with Gasteiger partial charge in [-0.05, 0) is 60.8 Å². The molecular weight excluding hydrogens is 242 g/mol. The molecule has 0 aliphatic carbocycles. The minimum absolute atomic E-state index is 0.318. The zero-order chi connectivity index (χ0) is 13.0. The molecule has 18 heavy (non-hydrogen) atoms. The van der Waals surface area contributed by atoms with E-state index in [9.17, 15) is 0 Å². The van der Waals surface area contributed by atoms with E-state index in [2.05, 4.69) is 45.3 Å². The molecule has 2 aromatic rings. The lowest BCUT2D eigenvalue weighted by atomic mass is 9.99. The van der Waals surface area contributed by atoms with Crippen molar-refractivity contribution in [3.8, 4) is 0 Å². The molecule has 4 heteroatoms. The summed E-state index contributed by atoms with van der Waals surface area (Å²) >= 11 is 1.75. The number of hydrogen-bond donors (Lipinski definition) is 1. The van der Waals surface area contributed by atoms with Gasteiger partial charge in [-0.3, -0.25) is 0 Å². The topological polar surface area (TPSA) is 37.8 Å². The molecule has 96 valence electrons. The number of rotatable bonds is 5. The van der Waals surface area contributed by atoms with Gasteiger partial charge in [0.1, 0.15) is 0 Å². The molecule has 0 fully saturated rings. The Morgan fingerprint density at radius 2 is 2.17 bits per heavy atom. The smallest absolute Gasteiger partial charge is 0.0648 e. The maximum Gasteiger partial charge on any atom is 0.0648 e. The van der Waals surface area contributed by atoms with Crippen molar-refractivity contribution < 1.29 is 0 Å². The highest BCUT2D eigenvalue weighted by molar-refractivity contribution is 7.07. The van der Waals surface area contributed by atoms with Crippen LogP contribution in [0.5, 0.6) is 0 Å². The molecule has 1 unspecified atom stereocenters. The second-order valence-corrected chi connectivity index (χ2v) is 5.25. The quantitative estimate of drug-likeness (QED) is 0.899. The first-order chi connectivity index (χ1) is 8.70. The molecule has 0 bridgehead atoms. The van der Waals surface area contributed by atoms with Gasteiger partial charge in [0.05, 0.1) is 11.4 Å². The Kier molecular flexibility index (Phi) is 4.44. The van der Waals surface area contributed by atoms with Crippen LogP contribution in [0.3, 0.4) is 0 Å². The molecule has 0 aromatic carbocycles. The van der Waals surface area contributed by atoms with Crippen LogP contribution in [0, 0.1) is 13.8 Å². The monoisotopic (exact) mass is 261 g/mol. The number of nitrogens with zero attached hydrogens (tertiary/aromatic N) is 2. The van der Waals surface area contributed by atoms with E-state index in [1.165, 1.54) is 11.1 Å². The third-order valence-electron chi connectivity index (χ3n) is 2.99. The van der Waals surface area contributed by atoms with Crippen LogP contribution in [0.2, 0.25) is 0 Å². The molecule has 2 heterocycles. The molecule has 0 aliphatic rings. The number of aryl methyl sites for hydroxylation is 2. The van der Waals surface area contributed by atoms with E-state index in [1.807, 2.05) is 13.8 Å². The van der Waals surface area contributed by atoms with Gasteiger partial charge in [-0.15, -0.1) is 0 Å². The summed E-state index contributed by atoms with van der Waals surface area (Å²) in [6.07, 6.45) is 1.00. The standard InChI is InChI=1S/C14H19N3S/c1-4-15-14(8-12-5-6-18-9-12)13-7-10(2)16-17-11(13)3/h5-7,9,14-15H,4,8H2,1-3H3. The Bertz CT molecular complexity index is 494. The van der Waals surface area contributed by atoms with Gasteiger partial charge in [-0.1, -0.05) is 6.92 Å². The van der Waals surface area contributed by atoms with E-state index in [-0.39, 0.29) is 0 Å². The first-order valence-corrected chi connectivity index (χ1v) is 7.20.